The van der Waals surface area contributed by atoms with E-state index in [4.69, 9.17) is 10.6 Å². The molecule has 0 aliphatic carbocycles. The number of aryl methyl sites for hydroxylation is 1. The summed E-state index contributed by atoms with van der Waals surface area (Å²) < 4.78 is 18.5. The molecule has 0 saturated heterocycles. The molecule has 0 amide bonds. The molecule has 0 heterocycles. The third-order valence-electron chi connectivity index (χ3n) is 3.28. The third-order valence-corrected chi connectivity index (χ3v) is 3.28. The Hall–Kier alpha value is -0.970. The molecule has 4 heteroatoms. The van der Waals surface area contributed by atoms with Crippen LogP contribution in [0, 0.1) is 12.7 Å². The predicted octanol–water partition coefficient (Wildman–Crippen LogP) is 2.32. The number of rotatable bonds is 7. The van der Waals surface area contributed by atoms with Crippen molar-refractivity contribution >= 4 is 0 Å². The number of ether oxygens (including phenoxy) is 1. The SMILES string of the molecule is CCCC(OC)C(Cc1ccc(F)cc1C)NN. The van der Waals surface area contributed by atoms with Gasteiger partial charge < -0.3 is 4.74 Å². The van der Waals surface area contributed by atoms with E-state index in [2.05, 4.69) is 12.3 Å². The summed E-state index contributed by atoms with van der Waals surface area (Å²) in [7, 11) is 1.70. The van der Waals surface area contributed by atoms with Crippen LogP contribution < -0.4 is 11.3 Å². The van der Waals surface area contributed by atoms with Crippen LogP contribution in [-0.2, 0) is 11.2 Å². The Morgan fingerprint density at radius 2 is 2.17 bits per heavy atom. The quantitative estimate of drug-likeness (QED) is 0.580. The summed E-state index contributed by atoms with van der Waals surface area (Å²) in [5.74, 6) is 5.40. The predicted molar refractivity (Wildman–Crippen MR) is 71.7 cm³/mol. The molecule has 3 nitrogen and oxygen atoms in total. The van der Waals surface area contributed by atoms with Crippen molar-refractivity contribution in [1.82, 2.24) is 5.43 Å². The second-order valence-corrected chi connectivity index (χ2v) is 4.61. The van der Waals surface area contributed by atoms with Crippen LogP contribution >= 0.6 is 0 Å². The average Bonchev–Trinajstić information content (AvgIpc) is 2.36. The maximum absolute atomic E-state index is 13.0. The molecule has 0 aliphatic heterocycles. The van der Waals surface area contributed by atoms with Gasteiger partial charge in [0.1, 0.15) is 5.82 Å². The molecule has 1 aromatic rings. The van der Waals surface area contributed by atoms with Crippen LogP contribution in [0.25, 0.3) is 0 Å². The van der Waals surface area contributed by atoms with Crippen LogP contribution in [0.4, 0.5) is 4.39 Å². The minimum absolute atomic E-state index is 0.0408. The number of nitrogens with one attached hydrogen (secondary N) is 1. The van der Waals surface area contributed by atoms with E-state index < -0.39 is 0 Å². The summed E-state index contributed by atoms with van der Waals surface area (Å²) >= 11 is 0. The van der Waals surface area contributed by atoms with Gasteiger partial charge in [-0.2, -0.15) is 0 Å². The first-order valence-electron chi connectivity index (χ1n) is 6.36. The molecule has 0 aromatic heterocycles. The highest BCUT2D eigenvalue weighted by atomic mass is 19.1. The van der Waals surface area contributed by atoms with Gasteiger partial charge in [0.25, 0.3) is 0 Å². The van der Waals surface area contributed by atoms with Gasteiger partial charge in [-0.3, -0.25) is 11.3 Å². The zero-order valence-electron chi connectivity index (χ0n) is 11.4. The number of hydrogen-bond acceptors (Lipinski definition) is 3. The molecule has 1 aromatic carbocycles. The lowest BCUT2D eigenvalue weighted by atomic mass is 9.96. The lowest BCUT2D eigenvalue weighted by molar-refractivity contribution is 0.0609. The molecule has 0 bridgehead atoms. The molecule has 2 atom stereocenters. The fourth-order valence-corrected chi connectivity index (χ4v) is 2.19. The molecule has 0 spiro atoms. The lowest BCUT2D eigenvalue weighted by Gasteiger charge is -2.25. The van der Waals surface area contributed by atoms with Crippen molar-refractivity contribution in [2.75, 3.05) is 7.11 Å². The maximum atomic E-state index is 13.0. The van der Waals surface area contributed by atoms with Crippen molar-refractivity contribution < 1.29 is 9.13 Å². The number of halogens is 1. The van der Waals surface area contributed by atoms with Gasteiger partial charge in [-0.05, 0) is 43.0 Å². The van der Waals surface area contributed by atoms with Gasteiger partial charge in [0, 0.05) is 7.11 Å². The first-order chi connectivity index (χ1) is 8.62. The van der Waals surface area contributed by atoms with E-state index >= 15 is 0 Å². The average molecular weight is 254 g/mol. The van der Waals surface area contributed by atoms with E-state index in [0.29, 0.717) is 0 Å². The second-order valence-electron chi connectivity index (χ2n) is 4.61. The molecule has 102 valence electrons. The Bertz CT molecular complexity index is 371. The smallest absolute Gasteiger partial charge is 0.123 e. The zero-order valence-corrected chi connectivity index (χ0v) is 11.4. The van der Waals surface area contributed by atoms with Gasteiger partial charge in [0.05, 0.1) is 12.1 Å². The van der Waals surface area contributed by atoms with Gasteiger partial charge in [-0.25, -0.2) is 4.39 Å². The molecule has 0 saturated carbocycles. The standard InChI is InChI=1S/C14H23FN2O/c1-4-5-14(18-3)13(17-16)9-11-6-7-12(15)8-10(11)2/h6-8,13-14,17H,4-5,9,16H2,1-3H3. The molecule has 0 aliphatic rings. The summed E-state index contributed by atoms with van der Waals surface area (Å²) in [5.41, 5.74) is 4.85. The Labute approximate surface area is 108 Å². The summed E-state index contributed by atoms with van der Waals surface area (Å²) in [4.78, 5) is 0. The first kappa shape index (κ1) is 15.1. The van der Waals surface area contributed by atoms with Crippen molar-refractivity contribution in [2.45, 2.75) is 45.3 Å². The van der Waals surface area contributed by atoms with Gasteiger partial charge in [-0.15, -0.1) is 0 Å². The minimum atomic E-state index is -0.203. The normalized spacial score (nSPS) is 14.5. The lowest BCUT2D eigenvalue weighted by Crippen LogP contribution is -2.46. The Balaban J connectivity index is 2.78. The minimum Gasteiger partial charge on any atom is -0.380 e. The van der Waals surface area contributed by atoms with E-state index in [1.54, 1.807) is 13.2 Å². The van der Waals surface area contributed by atoms with Crippen LogP contribution in [0.2, 0.25) is 0 Å². The number of hydrazine groups is 1. The number of hydrogen-bond donors (Lipinski definition) is 2. The van der Waals surface area contributed by atoms with E-state index in [1.165, 1.54) is 6.07 Å². The zero-order chi connectivity index (χ0) is 13.5. The van der Waals surface area contributed by atoms with Gasteiger partial charge in [0.15, 0.2) is 0 Å². The topological polar surface area (TPSA) is 47.3 Å². The van der Waals surface area contributed by atoms with Crippen molar-refractivity contribution in [1.29, 1.82) is 0 Å². The Morgan fingerprint density at radius 3 is 2.67 bits per heavy atom. The van der Waals surface area contributed by atoms with E-state index in [1.807, 2.05) is 13.0 Å². The summed E-state index contributed by atoms with van der Waals surface area (Å²) in [5, 5.41) is 0. The largest absolute Gasteiger partial charge is 0.380 e. The van der Waals surface area contributed by atoms with Crippen molar-refractivity contribution in [3.8, 4) is 0 Å². The Kier molecular flexibility index (Phi) is 6.25. The fraction of sp³-hybridized carbons (Fsp3) is 0.571. The van der Waals surface area contributed by atoms with Crippen LogP contribution in [0.15, 0.2) is 18.2 Å². The number of methoxy groups -OCH3 is 1. The molecule has 18 heavy (non-hydrogen) atoms. The van der Waals surface area contributed by atoms with Crippen LogP contribution in [0.5, 0.6) is 0 Å². The van der Waals surface area contributed by atoms with E-state index in [-0.39, 0.29) is 18.0 Å². The van der Waals surface area contributed by atoms with Crippen LogP contribution in [-0.4, -0.2) is 19.3 Å². The summed E-state index contributed by atoms with van der Waals surface area (Å²) in [6.45, 7) is 4.02. The monoisotopic (exact) mass is 254 g/mol. The van der Waals surface area contributed by atoms with Crippen LogP contribution in [0.1, 0.15) is 30.9 Å². The first-order valence-corrected chi connectivity index (χ1v) is 6.36. The molecular weight excluding hydrogens is 231 g/mol. The Morgan fingerprint density at radius 1 is 1.44 bits per heavy atom. The highest BCUT2D eigenvalue weighted by Crippen LogP contribution is 2.16. The maximum Gasteiger partial charge on any atom is 0.123 e. The number of benzene rings is 1. The molecule has 0 radical (unpaired) electrons. The molecule has 3 N–H and O–H groups in total. The highest BCUT2D eigenvalue weighted by molar-refractivity contribution is 5.27. The number of nitrogens with two attached hydrogens (primary N) is 1. The molecular formula is C14H23FN2O. The third kappa shape index (κ3) is 4.05. The second kappa shape index (κ2) is 7.46. The van der Waals surface area contributed by atoms with Crippen molar-refractivity contribution in [3.63, 3.8) is 0 Å². The fourth-order valence-electron chi connectivity index (χ4n) is 2.19. The molecule has 2 unspecified atom stereocenters. The van der Waals surface area contributed by atoms with E-state index in [0.717, 1.165) is 30.4 Å². The van der Waals surface area contributed by atoms with Crippen molar-refractivity contribution in [2.24, 2.45) is 5.84 Å². The molecule has 1 rings (SSSR count). The highest BCUT2D eigenvalue weighted by Gasteiger charge is 2.20. The van der Waals surface area contributed by atoms with Gasteiger partial charge in [-0.1, -0.05) is 19.4 Å². The van der Waals surface area contributed by atoms with E-state index in [9.17, 15) is 4.39 Å². The van der Waals surface area contributed by atoms with Gasteiger partial charge in [0.2, 0.25) is 0 Å². The summed E-state index contributed by atoms with van der Waals surface area (Å²) in [6.07, 6.45) is 2.80. The van der Waals surface area contributed by atoms with Crippen molar-refractivity contribution in [3.05, 3.63) is 35.1 Å². The van der Waals surface area contributed by atoms with Crippen LogP contribution in [0.3, 0.4) is 0 Å². The summed E-state index contributed by atoms with van der Waals surface area (Å²) in [6, 6.07) is 4.88. The van der Waals surface area contributed by atoms with Gasteiger partial charge >= 0.3 is 0 Å². The molecule has 0 fully saturated rings.